The smallest absolute Gasteiger partial charge is 0.253 e. The van der Waals surface area contributed by atoms with E-state index < -0.39 is 10.0 Å². The number of piperidine rings is 2. The highest BCUT2D eigenvalue weighted by atomic mass is 32.2. The number of carbonyl (C=O) groups excluding carboxylic acids is 1. The minimum Gasteiger partial charge on any atom is -0.371 e. The Kier molecular flexibility index (Phi) is 6.75. The summed E-state index contributed by atoms with van der Waals surface area (Å²) >= 11 is 1.59. The first-order valence-electron chi connectivity index (χ1n) is 10.8. The van der Waals surface area contributed by atoms with Crippen LogP contribution in [0.3, 0.4) is 0 Å². The summed E-state index contributed by atoms with van der Waals surface area (Å²) in [6.45, 7) is 3.33. The van der Waals surface area contributed by atoms with E-state index in [1.165, 1.54) is 6.42 Å². The lowest BCUT2D eigenvalue weighted by atomic mass is 10.1. The molecule has 1 aromatic heterocycles. The van der Waals surface area contributed by atoms with Gasteiger partial charge in [0.1, 0.15) is 0 Å². The van der Waals surface area contributed by atoms with Crippen molar-refractivity contribution in [1.82, 2.24) is 9.62 Å². The Morgan fingerprint density at radius 1 is 0.967 bits per heavy atom. The van der Waals surface area contributed by atoms with Crippen LogP contribution in [-0.2, 0) is 16.6 Å². The highest BCUT2D eigenvalue weighted by Crippen LogP contribution is 2.29. The molecule has 162 valence electrons. The highest BCUT2D eigenvalue weighted by Gasteiger charge is 2.28. The van der Waals surface area contributed by atoms with Crippen LogP contribution in [0.5, 0.6) is 0 Å². The number of benzene rings is 1. The Bertz CT molecular complexity index is 962. The summed E-state index contributed by atoms with van der Waals surface area (Å²) in [5.41, 5.74) is 1.28. The summed E-state index contributed by atoms with van der Waals surface area (Å²) in [6.07, 6.45) is 6.21. The molecule has 0 bridgehead atoms. The van der Waals surface area contributed by atoms with Gasteiger partial charge in [0.2, 0.25) is 10.0 Å². The lowest BCUT2D eigenvalue weighted by molar-refractivity contribution is 0.0951. The van der Waals surface area contributed by atoms with E-state index in [4.69, 9.17) is 0 Å². The van der Waals surface area contributed by atoms with Gasteiger partial charge < -0.3 is 10.2 Å². The topological polar surface area (TPSA) is 69.7 Å². The van der Waals surface area contributed by atoms with Crippen LogP contribution >= 0.6 is 11.3 Å². The van der Waals surface area contributed by atoms with Gasteiger partial charge in [-0.3, -0.25) is 4.79 Å². The van der Waals surface area contributed by atoms with Crippen molar-refractivity contribution < 1.29 is 13.2 Å². The molecular weight excluding hydrogens is 418 g/mol. The summed E-state index contributed by atoms with van der Waals surface area (Å²) in [6, 6.07) is 9.01. The first kappa shape index (κ1) is 21.3. The number of nitrogens with one attached hydrogen (secondary N) is 1. The number of rotatable bonds is 6. The fraction of sp³-hybridized carbons (Fsp3) is 0.500. The van der Waals surface area contributed by atoms with Gasteiger partial charge >= 0.3 is 0 Å². The number of hydrogen-bond donors (Lipinski definition) is 1. The van der Waals surface area contributed by atoms with Gasteiger partial charge in [-0.2, -0.15) is 4.31 Å². The monoisotopic (exact) mass is 447 g/mol. The molecule has 6 nitrogen and oxygen atoms in total. The fourth-order valence-corrected chi connectivity index (χ4v) is 6.39. The number of thiophene rings is 1. The summed E-state index contributed by atoms with van der Waals surface area (Å²) in [7, 11) is -3.59. The van der Waals surface area contributed by atoms with E-state index in [9.17, 15) is 13.2 Å². The maximum absolute atomic E-state index is 13.2. The third kappa shape index (κ3) is 4.71. The molecule has 0 radical (unpaired) electrons. The maximum atomic E-state index is 13.2. The summed E-state index contributed by atoms with van der Waals surface area (Å²) in [4.78, 5) is 16.6. The van der Waals surface area contributed by atoms with E-state index in [-0.39, 0.29) is 10.8 Å². The summed E-state index contributed by atoms with van der Waals surface area (Å²) in [5, 5.41) is 4.95. The van der Waals surface area contributed by atoms with Crippen molar-refractivity contribution in [2.24, 2.45) is 0 Å². The van der Waals surface area contributed by atoms with Crippen molar-refractivity contribution in [2.75, 3.05) is 31.1 Å². The van der Waals surface area contributed by atoms with Gasteiger partial charge in [0.15, 0.2) is 0 Å². The number of nitrogens with zero attached hydrogens (tertiary/aromatic N) is 2. The van der Waals surface area contributed by atoms with Gasteiger partial charge in [-0.15, -0.1) is 11.3 Å². The molecule has 2 saturated heterocycles. The van der Waals surface area contributed by atoms with Gasteiger partial charge in [-0.25, -0.2) is 8.42 Å². The van der Waals surface area contributed by atoms with E-state index in [1.807, 2.05) is 23.6 Å². The summed E-state index contributed by atoms with van der Waals surface area (Å²) < 4.78 is 27.9. The molecule has 8 heteroatoms. The number of sulfonamides is 1. The molecule has 2 aliphatic heterocycles. The third-order valence-corrected chi connectivity index (χ3v) is 8.64. The number of amides is 1. The minimum absolute atomic E-state index is 0.214. The molecule has 0 saturated carbocycles. The molecule has 2 aromatic rings. The van der Waals surface area contributed by atoms with Crippen LogP contribution < -0.4 is 10.2 Å². The van der Waals surface area contributed by atoms with Gasteiger partial charge in [-0.05, 0) is 61.7 Å². The lowest BCUT2D eigenvalue weighted by Gasteiger charge is -2.31. The predicted octanol–water partition coefficient (Wildman–Crippen LogP) is 3.84. The average molecular weight is 448 g/mol. The Morgan fingerprint density at radius 2 is 1.67 bits per heavy atom. The Labute approximate surface area is 182 Å². The standard InChI is InChI=1S/C22H29N3O3S2/c26-22(23-17-18-8-7-15-29-18)20-16-19(30(27,28)25-13-5-2-6-14-25)9-10-21(20)24-11-3-1-4-12-24/h7-10,15-16H,1-6,11-14,17H2,(H,23,26). The van der Waals surface area contributed by atoms with Gasteiger partial charge in [0.05, 0.1) is 17.0 Å². The largest absolute Gasteiger partial charge is 0.371 e. The van der Waals surface area contributed by atoms with E-state index in [1.54, 1.807) is 27.8 Å². The quantitative estimate of drug-likeness (QED) is 0.730. The molecular formula is C22H29N3O3S2. The number of carbonyl (C=O) groups is 1. The van der Waals surface area contributed by atoms with Crippen LogP contribution in [0.2, 0.25) is 0 Å². The minimum atomic E-state index is -3.59. The Balaban J connectivity index is 1.64. The molecule has 0 spiro atoms. The van der Waals surface area contributed by atoms with Crippen LogP contribution in [0.1, 0.15) is 53.8 Å². The third-order valence-electron chi connectivity index (χ3n) is 5.87. The molecule has 2 fully saturated rings. The van der Waals surface area contributed by atoms with Gasteiger partial charge in [-0.1, -0.05) is 12.5 Å². The van der Waals surface area contributed by atoms with Gasteiger partial charge in [0.25, 0.3) is 5.91 Å². The van der Waals surface area contributed by atoms with E-state index >= 15 is 0 Å². The van der Waals surface area contributed by atoms with Crippen molar-refractivity contribution in [3.8, 4) is 0 Å². The second-order valence-electron chi connectivity index (χ2n) is 7.95. The van der Waals surface area contributed by atoms with Crippen LogP contribution in [0, 0.1) is 0 Å². The van der Waals surface area contributed by atoms with E-state index in [0.717, 1.165) is 55.8 Å². The average Bonchev–Trinajstić information content (AvgIpc) is 3.32. The second kappa shape index (κ2) is 9.49. The molecule has 30 heavy (non-hydrogen) atoms. The van der Waals surface area contributed by atoms with E-state index in [2.05, 4.69) is 10.2 Å². The molecule has 1 aromatic carbocycles. The van der Waals surface area contributed by atoms with Crippen molar-refractivity contribution in [2.45, 2.75) is 50.0 Å². The zero-order chi connectivity index (χ0) is 21.0. The van der Waals surface area contributed by atoms with Crippen LogP contribution in [0.25, 0.3) is 0 Å². The van der Waals surface area contributed by atoms with Crippen molar-refractivity contribution in [3.05, 3.63) is 46.2 Å². The molecule has 0 atom stereocenters. The number of hydrogen-bond acceptors (Lipinski definition) is 5. The molecule has 4 rings (SSSR count). The molecule has 1 N–H and O–H groups in total. The maximum Gasteiger partial charge on any atom is 0.253 e. The summed E-state index contributed by atoms with van der Waals surface area (Å²) in [5.74, 6) is -0.223. The Hall–Kier alpha value is -1.90. The second-order valence-corrected chi connectivity index (χ2v) is 10.9. The normalized spacial score (nSPS) is 18.3. The van der Waals surface area contributed by atoms with E-state index in [0.29, 0.717) is 25.2 Å². The molecule has 0 aliphatic carbocycles. The fourth-order valence-electron chi connectivity index (χ4n) is 4.20. The van der Waals surface area contributed by atoms with Crippen LogP contribution in [0.15, 0.2) is 40.6 Å². The predicted molar refractivity (Wildman–Crippen MR) is 121 cm³/mol. The van der Waals surface area contributed by atoms with Crippen molar-refractivity contribution in [1.29, 1.82) is 0 Å². The first-order valence-corrected chi connectivity index (χ1v) is 13.1. The van der Waals surface area contributed by atoms with Crippen molar-refractivity contribution >= 4 is 33.0 Å². The molecule has 2 aliphatic rings. The van der Waals surface area contributed by atoms with Gasteiger partial charge in [0, 0.05) is 36.7 Å². The molecule has 0 unspecified atom stereocenters. The first-order chi connectivity index (χ1) is 14.6. The zero-order valence-corrected chi connectivity index (χ0v) is 18.8. The SMILES string of the molecule is O=C(NCc1cccs1)c1cc(S(=O)(=O)N2CCCCC2)ccc1N1CCCCC1. The molecule has 1 amide bonds. The lowest BCUT2D eigenvalue weighted by Crippen LogP contribution is -2.36. The van der Waals surface area contributed by atoms with Crippen LogP contribution in [0.4, 0.5) is 5.69 Å². The Morgan fingerprint density at radius 3 is 2.33 bits per heavy atom. The van der Waals surface area contributed by atoms with Crippen molar-refractivity contribution in [3.63, 3.8) is 0 Å². The number of anilines is 1. The molecule has 3 heterocycles. The van der Waals surface area contributed by atoms with Crippen LogP contribution in [-0.4, -0.2) is 44.8 Å². The zero-order valence-electron chi connectivity index (χ0n) is 17.2. The highest BCUT2D eigenvalue weighted by molar-refractivity contribution is 7.89.